The second-order valence-electron chi connectivity index (χ2n) is 4.76. The second-order valence-corrected chi connectivity index (χ2v) is 5.62. The van der Waals surface area contributed by atoms with Gasteiger partial charge >= 0.3 is 0 Å². The van der Waals surface area contributed by atoms with Gasteiger partial charge in [-0.3, -0.25) is 0 Å². The minimum atomic E-state index is 0.536. The Hall–Kier alpha value is -2.00. The van der Waals surface area contributed by atoms with E-state index in [4.69, 9.17) is 9.47 Å². The molecule has 0 aliphatic heterocycles. The highest BCUT2D eigenvalue weighted by Gasteiger charge is 2.03. The van der Waals surface area contributed by atoms with Crippen molar-refractivity contribution in [3.8, 4) is 11.5 Å². The number of halogens is 1. The SMILES string of the molecule is COc1ccc(COc2cc(Br)c3ccccc3c2)cc1. The van der Waals surface area contributed by atoms with Crippen LogP contribution in [0.25, 0.3) is 10.8 Å². The summed E-state index contributed by atoms with van der Waals surface area (Å²) in [7, 11) is 1.66. The van der Waals surface area contributed by atoms with E-state index >= 15 is 0 Å². The lowest BCUT2D eigenvalue weighted by molar-refractivity contribution is 0.306. The number of ether oxygens (including phenoxy) is 2. The van der Waals surface area contributed by atoms with Crippen LogP contribution in [0, 0.1) is 0 Å². The summed E-state index contributed by atoms with van der Waals surface area (Å²) in [5.74, 6) is 1.71. The summed E-state index contributed by atoms with van der Waals surface area (Å²) >= 11 is 3.60. The average Bonchev–Trinajstić information content (AvgIpc) is 2.53. The third-order valence-electron chi connectivity index (χ3n) is 3.35. The lowest BCUT2D eigenvalue weighted by Crippen LogP contribution is -1.95. The van der Waals surface area contributed by atoms with Crippen LogP contribution in [0.1, 0.15) is 5.56 Å². The van der Waals surface area contributed by atoms with Crippen LogP contribution < -0.4 is 9.47 Å². The van der Waals surface area contributed by atoms with Crippen molar-refractivity contribution in [2.24, 2.45) is 0 Å². The first kappa shape index (κ1) is 14.0. The standard InChI is InChI=1S/C18H15BrO2/c1-20-15-8-6-13(7-9-15)12-21-16-10-14-4-2-3-5-17(14)18(19)11-16/h2-11H,12H2,1H3. The molecule has 2 nitrogen and oxygen atoms in total. The predicted molar refractivity (Wildman–Crippen MR) is 89.0 cm³/mol. The maximum Gasteiger partial charge on any atom is 0.121 e. The zero-order valence-electron chi connectivity index (χ0n) is 11.7. The molecule has 0 aliphatic carbocycles. The topological polar surface area (TPSA) is 18.5 Å². The Morgan fingerprint density at radius 3 is 2.43 bits per heavy atom. The van der Waals surface area contributed by atoms with E-state index in [9.17, 15) is 0 Å². The van der Waals surface area contributed by atoms with Crippen molar-refractivity contribution in [3.05, 3.63) is 70.7 Å². The van der Waals surface area contributed by atoms with Crippen LogP contribution in [0.15, 0.2) is 65.1 Å². The van der Waals surface area contributed by atoms with Crippen molar-refractivity contribution < 1.29 is 9.47 Å². The van der Waals surface area contributed by atoms with E-state index in [1.165, 1.54) is 5.39 Å². The fourth-order valence-corrected chi connectivity index (χ4v) is 2.80. The first-order chi connectivity index (χ1) is 10.3. The molecule has 0 spiro atoms. The Labute approximate surface area is 132 Å². The van der Waals surface area contributed by atoms with Gasteiger partial charge in [0.15, 0.2) is 0 Å². The summed E-state index contributed by atoms with van der Waals surface area (Å²) in [6.07, 6.45) is 0. The van der Waals surface area contributed by atoms with E-state index in [2.05, 4.69) is 34.1 Å². The molecule has 0 aromatic heterocycles. The number of hydrogen-bond donors (Lipinski definition) is 0. The number of benzene rings is 3. The maximum atomic E-state index is 5.88. The van der Waals surface area contributed by atoms with Crippen LogP contribution in [0.2, 0.25) is 0 Å². The van der Waals surface area contributed by atoms with Gasteiger partial charge in [0.2, 0.25) is 0 Å². The van der Waals surface area contributed by atoms with Gasteiger partial charge < -0.3 is 9.47 Å². The molecule has 0 saturated heterocycles. The molecule has 3 aromatic rings. The van der Waals surface area contributed by atoms with E-state index in [0.717, 1.165) is 26.9 Å². The van der Waals surface area contributed by atoms with Crippen LogP contribution in [0.5, 0.6) is 11.5 Å². The maximum absolute atomic E-state index is 5.88. The largest absolute Gasteiger partial charge is 0.497 e. The van der Waals surface area contributed by atoms with Crippen LogP contribution in [-0.4, -0.2) is 7.11 Å². The Morgan fingerprint density at radius 1 is 0.905 bits per heavy atom. The normalized spacial score (nSPS) is 10.6. The van der Waals surface area contributed by atoms with Crippen molar-refractivity contribution in [1.29, 1.82) is 0 Å². The van der Waals surface area contributed by atoms with Crippen molar-refractivity contribution in [2.75, 3.05) is 7.11 Å². The van der Waals surface area contributed by atoms with Crippen LogP contribution in [0.3, 0.4) is 0 Å². The highest BCUT2D eigenvalue weighted by molar-refractivity contribution is 9.10. The summed E-state index contributed by atoms with van der Waals surface area (Å²) in [5, 5.41) is 2.35. The fourth-order valence-electron chi connectivity index (χ4n) is 2.21. The van der Waals surface area contributed by atoms with Gasteiger partial charge in [0.1, 0.15) is 18.1 Å². The number of hydrogen-bond acceptors (Lipinski definition) is 2. The lowest BCUT2D eigenvalue weighted by Gasteiger charge is -2.09. The van der Waals surface area contributed by atoms with E-state index in [1.54, 1.807) is 7.11 Å². The number of fused-ring (bicyclic) bond motifs is 1. The van der Waals surface area contributed by atoms with E-state index in [1.807, 2.05) is 42.5 Å². The molecule has 21 heavy (non-hydrogen) atoms. The van der Waals surface area contributed by atoms with Crippen molar-refractivity contribution >= 4 is 26.7 Å². The van der Waals surface area contributed by atoms with E-state index in [0.29, 0.717) is 6.61 Å². The Balaban J connectivity index is 1.78. The van der Waals surface area contributed by atoms with E-state index < -0.39 is 0 Å². The Morgan fingerprint density at radius 2 is 1.67 bits per heavy atom. The molecule has 0 amide bonds. The number of methoxy groups -OCH3 is 1. The number of rotatable bonds is 4. The van der Waals surface area contributed by atoms with Gasteiger partial charge in [-0.05, 0) is 40.6 Å². The molecular formula is C18H15BrO2. The van der Waals surface area contributed by atoms with Gasteiger partial charge in [0.25, 0.3) is 0 Å². The molecule has 3 aromatic carbocycles. The Kier molecular flexibility index (Phi) is 4.11. The fraction of sp³-hybridized carbons (Fsp3) is 0.111. The van der Waals surface area contributed by atoms with Gasteiger partial charge in [-0.2, -0.15) is 0 Å². The van der Waals surface area contributed by atoms with Gasteiger partial charge in [0.05, 0.1) is 7.11 Å². The van der Waals surface area contributed by atoms with Crippen LogP contribution >= 0.6 is 15.9 Å². The second kappa shape index (κ2) is 6.19. The van der Waals surface area contributed by atoms with Crippen molar-refractivity contribution in [3.63, 3.8) is 0 Å². The molecule has 0 bridgehead atoms. The summed E-state index contributed by atoms with van der Waals surface area (Å²) in [6, 6.07) is 20.2. The van der Waals surface area contributed by atoms with Gasteiger partial charge in [-0.25, -0.2) is 0 Å². The van der Waals surface area contributed by atoms with Gasteiger partial charge in [-0.15, -0.1) is 0 Å². The zero-order valence-corrected chi connectivity index (χ0v) is 13.3. The summed E-state index contributed by atoms with van der Waals surface area (Å²) in [5.41, 5.74) is 1.11. The minimum Gasteiger partial charge on any atom is -0.497 e. The third-order valence-corrected chi connectivity index (χ3v) is 4.01. The molecule has 0 unspecified atom stereocenters. The zero-order chi connectivity index (χ0) is 14.7. The predicted octanol–water partition coefficient (Wildman–Crippen LogP) is 5.19. The molecule has 106 valence electrons. The Bertz CT molecular complexity index is 751. The highest BCUT2D eigenvalue weighted by Crippen LogP contribution is 2.29. The summed E-state index contributed by atoms with van der Waals surface area (Å²) in [4.78, 5) is 0. The highest BCUT2D eigenvalue weighted by atomic mass is 79.9. The first-order valence-corrected chi connectivity index (χ1v) is 7.49. The summed E-state index contributed by atoms with van der Waals surface area (Å²) < 4.78 is 12.1. The van der Waals surface area contributed by atoms with E-state index in [-0.39, 0.29) is 0 Å². The van der Waals surface area contributed by atoms with Crippen LogP contribution in [-0.2, 0) is 6.61 Å². The molecule has 0 saturated carbocycles. The molecule has 0 N–H and O–H groups in total. The lowest BCUT2D eigenvalue weighted by atomic mass is 10.1. The van der Waals surface area contributed by atoms with Crippen molar-refractivity contribution in [2.45, 2.75) is 6.61 Å². The third kappa shape index (κ3) is 3.19. The smallest absolute Gasteiger partial charge is 0.121 e. The average molecular weight is 343 g/mol. The van der Waals surface area contributed by atoms with Gasteiger partial charge in [-0.1, -0.05) is 52.3 Å². The van der Waals surface area contributed by atoms with Crippen molar-refractivity contribution in [1.82, 2.24) is 0 Å². The molecule has 0 radical (unpaired) electrons. The molecule has 3 heteroatoms. The molecule has 0 aliphatic rings. The molecular weight excluding hydrogens is 328 g/mol. The monoisotopic (exact) mass is 342 g/mol. The molecule has 3 rings (SSSR count). The minimum absolute atomic E-state index is 0.536. The van der Waals surface area contributed by atoms with Crippen LogP contribution in [0.4, 0.5) is 0 Å². The molecule has 0 fully saturated rings. The summed E-state index contributed by atoms with van der Waals surface area (Å²) in [6.45, 7) is 0.536. The molecule has 0 atom stereocenters. The quantitative estimate of drug-likeness (QED) is 0.649. The van der Waals surface area contributed by atoms with Gasteiger partial charge in [0, 0.05) is 4.47 Å². The first-order valence-electron chi connectivity index (χ1n) is 6.70. The molecule has 0 heterocycles.